The van der Waals surface area contributed by atoms with Crippen molar-refractivity contribution in [1.82, 2.24) is 10.2 Å². The van der Waals surface area contributed by atoms with Crippen LogP contribution in [0.4, 0.5) is 0 Å². The summed E-state index contributed by atoms with van der Waals surface area (Å²) < 4.78 is 5.62. The molecule has 2 aliphatic rings. The summed E-state index contributed by atoms with van der Waals surface area (Å²) in [5.74, 6) is 0.930. The molecule has 2 heterocycles. The second kappa shape index (κ2) is 6.72. The SMILES string of the molecule is CC(C)OCCN1CCC(C2CCCN2)CC1. The highest BCUT2D eigenvalue weighted by Gasteiger charge is 2.27. The van der Waals surface area contributed by atoms with Gasteiger partial charge in [-0.25, -0.2) is 0 Å². The van der Waals surface area contributed by atoms with Crippen LogP contribution in [-0.2, 0) is 4.74 Å². The Bertz CT molecular complexity index is 206. The zero-order valence-corrected chi connectivity index (χ0v) is 11.5. The fourth-order valence-corrected chi connectivity index (χ4v) is 3.11. The van der Waals surface area contributed by atoms with Gasteiger partial charge in [0, 0.05) is 12.6 Å². The molecule has 0 radical (unpaired) electrons. The fraction of sp³-hybridized carbons (Fsp3) is 1.00. The van der Waals surface area contributed by atoms with Crippen LogP contribution in [0.2, 0.25) is 0 Å². The molecule has 0 aromatic rings. The van der Waals surface area contributed by atoms with E-state index in [1.165, 1.54) is 45.3 Å². The lowest BCUT2D eigenvalue weighted by atomic mass is 9.88. The molecule has 0 aromatic carbocycles. The molecule has 0 aliphatic carbocycles. The van der Waals surface area contributed by atoms with Crippen LogP contribution < -0.4 is 5.32 Å². The van der Waals surface area contributed by atoms with Crippen LogP contribution >= 0.6 is 0 Å². The van der Waals surface area contributed by atoms with Gasteiger partial charge in [0.15, 0.2) is 0 Å². The molecule has 0 aromatic heterocycles. The molecule has 1 atom stereocenters. The van der Waals surface area contributed by atoms with Gasteiger partial charge in [0.05, 0.1) is 12.7 Å². The van der Waals surface area contributed by atoms with Gasteiger partial charge in [-0.3, -0.25) is 0 Å². The Morgan fingerprint density at radius 2 is 2.00 bits per heavy atom. The number of nitrogens with one attached hydrogen (secondary N) is 1. The van der Waals surface area contributed by atoms with E-state index in [0.717, 1.165) is 25.1 Å². The molecule has 2 aliphatic heterocycles. The molecule has 2 saturated heterocycles. The first kappa shape index (κ1) is 13.3. The van der Waals surface area contributed by atoms with Gasteiger partial charge >= 0.3 is 0 Å². The van der Waals surface area contributed by atoms with Crippen molar-refractivity contribution in [2.24, 2.45) is 5.92 Å². The molecule has 3 nitrogen and oxygen atoms in total. The fourth-order valence-electron chi connectivity index (χ4n) is 3.11. The molecule has 0 saturated carbocycles. The summed E-state index contributed by atoms with van der Waals surface area (Å²) in [7, 11) is 0. The Morgan fingerprint density at radius 3 is 2.59 bits per heavy atom. The molecule has 0 spiro atoms. The number of likely N-dealkylation sites (tertiary alicyclic amines) is 1. The molecule has 2 rings (SSSR count). The van der Waals surface area contributed by atoms with Crippen molar-refractivity contribution >= 4 is 0 Å². The summed E-state index contributed by atoms with van der Waals surface area (Å²) in [6.07, 6.45) is 5.91. The summed E-state index contributed by atoms with van der Waals surface area (Å²) >= 11 is 0. The average Bonchev–Trinajstić information content (AvgIpc) is 2.83. The van der Waals surface area contributed by atoms with Crippen LogP contribution in [0.3, 0.4) is 0 Å². The lowest BCUT2D eigenvalue weighted by molar-refractivity contribution is 0.0490. The molecule has 1 unspecified atom stereocenters. The number of ether oxygens (including phenoxy) is 1. The van der Waals surface area contributed by atoms with E-state index < -0.39 is 0 Å². The van der Waals surface area contributed by atoms with Gasteiger partial charge in [0.1, 0.15) is 0 Å². The van der Waals surface area contributed by atoms with Crippen LogP contribution in [0.25, 0.3) is 0 Å². The second-order valence-corrected chi connectivity index (χ2v) is 5.80. The van der Waals surface area contributed by atoms with Crippen molar-refractivity contribution in [3.63, 3.8) is 0 Å². The van der Waals surface area contributed by atoms with Crippen molar-refractivity contribution in [3.8, 4) is 0 Å². The first-order valence-corrected chi connectivity index (χ1v) is 7.33. The smallest absolute Gasteiger partial charge is 0.0596 e. The minimum atomic E-state index is 0.371. The van der Waals surface area contributed by atoms with E-state index in [1.807, 2.05) is 0 Å². The van der Waals surface area contributed by atoms with Crippen molar-refractivity contribution in [1.29, 1.82) is 0 Å². The summed E-state index contributed by atoms with van der Waals surface area (Å²) in [5.41, 5.74) is 0. The highest BCUT2D eigenvalue weighted by molar-refractivity contribution is 4.85. The van der Waals surface area contributed by atoms with Gasteiger partial charge in [-0.05, 0) is 65.1 Å². The Hall–Kier alpha value is -0.120. The van der Waals surface area contributed by atoms with E-state index >= 15 is 0 Å². The molecule has 0 amide bonds. The zero-order chi connectivity index (χ0) is 12.1. The van der Waals surface area contributed by atoms with Crippen molar-refractivity contribution < 1.29 is 4.74 Å². The molecule has 1 N–H and O–H groups in total. The third-order valence-corrected chi connectivity index (χ3v) is 4.16. The van der Waals surface area contributed by atoms with Gasteiger partial charge in [-0.1, -0.05) is 0 Å². The lowest BCUT2D eigenvalue weighted by Gasteiger charge is -2.34. The van der Waals surface area contributed by atoms with E-state index in [4.69, 9.17) is 4.74 Å². The lowest BCUT2D eigenvalue weighted by Crippen LogP contribution is -2.42. The highest BCUT2D eigenvalue weighted by atomic mass is 16.5. The number of piperidine rings is 1. The number of hydrogen-bond acceptors (Lipinski definition) is 3. The van der Waals surface area contributed by atoms with E-state index in [0.29, 0.717) is 6.10 Å². The first-order valence-electron chi connectivity index (χ1n) is 7.33. The Labute approximate surface area is 106 Å². The summed E-state index contributed by atoms with van der Waals surface area (Å²) in [4.78, 5) is 2.56. The molecular weight excluding hydrogens is 212 g/mol. The number of hydrogen-bond donors (Lipinski definition) is 1. The maximum Gasteiger partial charge on any atom is 0.0596 e. The first-order chi connectivity index (χ1) is 8.25. The van der Waals surface area contributed by atoms with Crippen molar-refractivity contribution in [2.75, 3.05) is 32.8 Å². The third-order valence-electron chi connectivity index (χ3n) is 4.16. The van der Waals surface area contributed by atoms with Crippen molar-refractivity contribution in [3.05, 3.63) is 0 Å². The summed E-state index contributed by atoms with van der Waals surface area (Å²) in [5, 5.41) is 3.66. The minimum absolute atomic E-state index is 0.371. The van der Waals surface area contributed by atoms with Crippen LogP contribution in [0.5, 0.6) is 0 Å². The van der Waals surface area contributed by atoms with Gasteiger partial charge < -0.3 is 15.0 Å². The Balaban J connectivity index is 1.60. The molecule has 3 heteroatoms. The molecule has 0 bridgehead atoms. The molecule has 2 fully saturated rings. The largest absolute Gasteiger partial charge is 0.377 e. The van der Waals surface area contributed by atoms with E-state index in [9.17, 15) is 0 Å². The van der Waals surface area contributed by atoms with Gasteiger partial charge in [-0.15, -0.1) is 0 Å². The average molecular weight is 240 g/mol. The Kier molecular flexibility index (Phi) is 5.26. The minimum Gasteiger partial charge on any atom is -0.377 e. The van der Waals surface area contributed by atoms with E-state index in [-0.39, 0.29) is 0 Å². The quantitative estimate of drug-likeness (QED) is 0.794. The zero-order valence-electron chi connectivity index (χ0n) is 11.5. The van der Waals surface area contributed by atoms with Crippen LogP contribution in [0.15, 0.2) is 0 Å². The van der Waals surface area contributed by atoms with Gasteiger partial charge in [-0.2, -0.15) is 0 Å². The highest BCUT2D eigenvalue weighted by Crippen LogP contribution is 2.25. The molecule has 100 valence electrons. The molecular formula is C14H28N2O. The molecule has 17 heavy (non-hydrogen) atoms. The summed E-state index contributed by atoms with van der Waals surface area (Å²) in [6.45, 7) is 10.0. The maximum absolute atomic E-state index is 5.62. The van der Waals surface area contributed by atoms with Crippen molar-refractivity contribution in [2.45, 2.75) is 51.7 Å². The van der Waals surface area contributed by atoms with E-state index in [2.05, 4.69) is 24.1 Å². The normalized spacial score (nSPS) is 28.1. The van der Waals surface area contributed by atoms with Crippen LogP contribution in [-0.4, -0.2) is 49.8 Å². The van der Waals surface area contributed by atoms with Crippen LogP contribution in [0, 0.1) is 5.92 Å². The number of nitrogens with zero attached hydrogens (tertiary/aromatic N) is 1. The predicted molar refractivity (Wildman–Crippen MR) is 71.3 cm³/mol. The second-order valence-electron chi connectivity index (χ2n) is 5.80. The third kappa shape index (κ3) is 4.23. The maximum atomic E-state index is 5.62. The van der Waals surface area contributed by atoms with Crippen LogP contribution in [0.1, 0.15) is 39.5 Å². The number of rotatable bonds is 5. The summed E-state index contributed by atoms with van der Waals surface area (Å²) in [6, 6.07) is 0.823. The standard InChI is InChI=1S/C14H28N2O/c1-12(2)17-11-10-16-8-5-13(6-9-16)14-4-3-7-15-14/h12-15H,3-11H2,1-2H3. The monoisotopic (exact) mass is 240 g/mol. The van der Waals surface area contributed by atoms with E-state index in [1.54, 1.807) is 0 Å². The van der Waals surface area contributed by atoms with Gasteiger partial charge in [0.2, 0.25) is 0 Å². The predicted octanol–water partition coefficient (Wildman–Crippen LogP) is 1.88. The van der Waals surface area contributed by atoms with Gasteiger partial charge in [0.25, 0.3) is 0 Å². The topological polar surface area (TPSA) is 24.5 Å². The Morgan fingerprint density at radius 1 is 1.24 bits per heavy atom.